The molecule has 1 N–H and O–H groups in total. The Morgan fingerprint density at radius 1 is 1.38 bits per heavy atom. The molecule has 2 atom stereocenters. The molecule has 0 saturated heterocycles. The molecule has 0 aliphatic carbocycles. The van der Waals surface area contributed by atoms with Crippen molar-refractivity contribution in [2.24, 2.45) is 0 Å². The summed E-state index contributed by atoms with van der Waals surface area (Å²) in [7, 11) is 1.44. The fourth-order valence-corrected chi connectivity index (χ4v) is 4.49. The Bertz CT molecular complexity index is 612. The molecule has 1 aliphatic rings. The third kappa shape index (κ3) is 3.31. The van der Waals surface area contributed by atoms with Gasteiger partial charge in [0.05, 0.1) is 19.6 Å². The highest BCUT2D eigenvalue weighted by Crippen LogP contribution is 2.39. The Morgan fingerprint density at radius 3 is 3.00 bits per heavy atom. The van der Waals surface area contributed by atoms with Crippen LogP contribution in [0.3, 0.4) is 0 Å². The van der Waals surface area contributed by atoms with Gasteiger partial charge in [-0.3, -0.25) is 4.79 Å². The van der Waals surface area contributed by atoms with Crippen LogP contribution >= 0.6 is 23.1 Å². The molecule has 0 saturated carbocycles. The Labute approximate surface area is 132 Å². The first kappa shape index (κ1) is 14.6. The Hall–Kier alpha value is -1.30. The zero-order chi connectivity index (χ0) is 14.7. The summed E-state index contributed by atoms with van der Waals surface area (Å²) in [6, 6.07) is 12.8. The number of thiophene rings is 1. The predicted molar refractivity (Wildman–Crippen MR) is 86.7 cm³/mol. The topological polar surface area (TPSA) is 38.3 Å². The van der Waals surface area contributed by atoms with E-state index in [4.69, 9.17) is 4.74 Å². The van der Waals surface area contributed by atoms with Gasteiger partial charge in [0, 0.05) is 21.6 Å². The van der Waals surface area contributed by atoms with Crippen molar-refractivity contribution in [3.8, 4) is 0 Å². The lowest BCUT2D eigenvalue weighted by Gasteiger charge is -2.21. The number of ether oxygens (including phenoxy) is 1. The number of esters is 1. The van der Waals surface area contributed by atoms with E-state index in [-0.39, 0.29) is 18.1 Å². The largest absolute Gasteiger partial charge is 0.469 e. The smallest absolute Gasteiger partial charge is 0.307 e. The molecule has 0 amide bonds. The molecule has 5 heteroatoms. The number of benzene rings is 1. The molecule has 0 spiro atoms. The second-order valence-electron chi connectivity index (χ2n) is 4.92. The summed E-state index contributed by atoms with van der Waals surface area (Å²) in [6.07, 6.45) is 0.361. The highest BCUT2D eigenvalue weighted by molar-refractivity contribution is 7.99. The van der Waals surface area contributed by atoms with Gasteiger partial charge in [-0.25, -0.2) is 0 Å². The van der Waals surface area contributed by atoms with E-state index < -0.39 is 0 Å². The summed E-state index contributed by atoms with van der Waals surface area (Å²) in [5.41, 5.74) is 1.33. The predicted octanol–water partition coefficient (Wildman–Crippen LogP) is 3.79. The average molecular weight is 319 g/mol. The van der Waals surface area contributed by atoms with Crippen molar-refractivity contribution in [3.63, 3.8) is 0 Å². The number of carbonyl (C=O) groups excluding carboxylic acids is 1. The van der Waals surface area contributed by atoms with Crippen LogP contribution in [-0.4, -0.2) is 18.8 Å². The summed E-state index contributed by atoms with van der Waals surface area (Å²) in [4.78, 5) is 14.2. The van der Waals surface area contributed by atoms with Crippen LogP contribution in [0.4, 0.5) is 0 Å². The first-order valence-electron chi connectivity index (χ1n) is 6.86. The minimum atomic E-state index is -0.181. The second-order valence-corrected chi connectivity index (χ2v) is 6.96. The normalized spacial score (nSPS) is 18.2. The summed E-state index contributed by atoms with van der Waals surface area (Å²) < 4.78 is 4.83. The number of hydrogen-bond acceptors (Lipinski definition) is 5. The molecule has 3 rings (SSSR count). The third-order valence-electron chi connectivity index (χ3n) is 3.59. The number of rotatable bonds is 5. The minimum Gasteiger partial charge on any atom is -0.469 e. The first-order chi connectivity index (χ1) is 10.3. The second kappa shape index (κ2) is 6.64. The zero-order valence-electron chi connectivity index (χ0n) is 11.7. The highest BCUT2D eigenvalue weighted by atomic mass is 32.2. The molecule has 0 fully saturated rings. The number of thioether (sulfide) groups is 1. The van der Waals surface area contributed by atoms with E-state index in [1.165, 1.54) is 22.4 Å². The monoisotopic (exact) mass is 319 g/mol. The summed E-state index contributed by atoms with van der Waals surface area (Å²) in [5.74, 6) is 0.822. The van der Waals surface area contributed by atoms with E-state index in [0.717, 1.165) is 5.75 Å². The number of carbonyl (C=O) groups is 1. The number of hydrogen-bond donors (Lipinski definition) is 1. The van der Waals surface area contributed by atoms with Crippen LogP contribution in [0.15, 0.2) is 46.7 Å². The maximum absolute atomic E-state index is 11.7. The molecule has 3 nitrogen and oxygen atoms in total. The third-order valence-corrected chi connectivity index (χ3v) is 5.76. The highest BCUT2D eigenvalue weighted by Gasteiger charge is 2.27. The lowest BCUT2D eigenvalue weighted by molar-refractivity contribution is -0.141. The Kier molecular flexibility index (Phi) is 4.63. The van der Waals surface area contributed by atoms with E-state index in [2.05, 4.69) is 35.6 Å². The average Bonchev–Trinajstić information content (AvgIpc) is 3.16. The van der Waals surface area contributed by atoms with Crippen molar-refractivity contribution >= 4 is 29.1 Å². The molecule has 21 heavy (non-hydrogen) atoms. The molecular weight excluding hydrogens is 302 g/mol. The fourth-order valence-electron chi connectivity index (χ4n) is 2.52. The number of nitrogens with one attached hydrogen (secondary N) is 1. The van der Waals surface area contributed by atoms with Crippen LogP contribution in [-0.2, 0) is 9.53 Å². The molecule has 110 valence electrons. The molecule has 0 bridgehead atoms. The standard InChI is InChI=1S/C16H17NO2S2/c1-19-16(18)9-12(15-7-4-8-20-15)17-13-10-21-14-6-3-2-5-11(13)14/h2-8,12-13,17H,9-10H2,1H3. The van der Waals surface area contributed by atoms with Crippen molar-refractivity contribution < 1.29 is 9.53 Å². The molecular formula is C16H17NO2S2. The lowest BCUT2D eigenvalue weighted by atomic mass is 10.1. The van der Waals surface area contributed by atoms with Gasteiger partial charge in [0.15, 0.2) is 0 Å². The maximum Gasteiger partial charge on any atom is 0.307 e. The fraction of sp³-hybridized carbons (Fsp3) is 0.312. The first-order valence-corrected chi connectivity index (χ1v) is 8.72. The van der Waals surface area contributed by atoms with E-state index in [9.17, 15) is 4.79 Å². The maximum atomic E-state index is 11.7. The SMILES string of the molecule is COC(=O)CC(NC1CSc2ccccc21)c1cccs1. The van der Waals surface area contributed by atoms with Crippen LogP contribution in [0.1, 0.15) is 28.9 Å². The van der Waals surface area contributed by atoms with Gasteiger partial charge >= 0.3 is 5.97 Å². The molecule has 2 aromatic rings. The molecule has 2 heterocycles. The van der Waals surface area contributed by atoms with E-state index in [1.54, 1.807) is 11.3 Å². The van der Waals surface area contributed by atoms with Gasteiger partial charge in [0.2, 0.25) is 0 Å². The summed E-state index contributed by atoms with van der Waals surface area (Å²) in [6.45, 7) is 0. The van der Waals surface area contributed by atoms with Gasteiger partial charge in [-0.15, -0.1) is 23.1 Å². The van der Waals surface area contributed by atoms with Gasteiger partial charge in [-0.2, -0.15) is 0 Å². The van der Waals surface area contributed by atoms with Gasteiger partial charge in [0.25, 0.3) is 0 Å². The van der Waals surface area contributed by atoms with Gasteiger partial charge in [-0.1, -0.05) is 24.3 Å². The Balaban J connectivity index is 1.78. The molecule has 0 radical (unpaired) electrons. The van der Waals surface area contributed by atoms with Crippen LogP contribution < -0.4 is 5.32 Å². The minimum absolute atomic E-state index is 0.00852. The lowest BCUT2D eigenvalue weighted by Crippen LogP contribution is -2.28. The quantitative estimate of drug-likeness (QED) is 0.851. The summed E-state index contributed by atoms with van der Waals surface area (Å²) >= 11 is 3.54. The molecule has 1 aromatic carbocycles. The van der Waals surface area contributed by atoms with Crippen molar-refractivity contribution in [2.75, 3.05) is 12.9 Å². The van der Waals surface area contributed by atoms with Crippen LogP contribution in [0.25, 0.3) is 0 Å². The van der Waals surface area contributed by atoms with Crippen LogP contribution in [0.2, 0.25) is 0 Å². The number of fused-ring (bicyclic) bond motifs is 1. The van der Waals surface area contributed by atoms with E-state index >= 15 is 0 Å². The Morgan fingerprint density at radius 2 is 2.24 bits per heavy atom. The van der Waals surface area contributed by atoms with Crippen molar-refractivity contribution in [1.82, 2.24) is 5.32 Å². The molecule has 1 aliphatic heterocycles. The molecule has 2 unspecified atom stereocenters. The van der Waals surface area contributed by atoms with Crippen molar-refractivity contribution in [3.05, 3.63) is 52.2 Å². The van der Waals surface area contributed by atoms with Gasteiger partial charge in [0.1, 0.15) is 0 Å². The van der Waals surface area contributed by atoms with Crippen LogP contribution in [0, 0.1) is 0 Å². The summed E-state index contributed by atoms with van der Waals surface area (Å²) in [5, 5.41) is 5.67. The van der Waals surface area contributed by atoms with Gasteiger partial charge in [-0.05, 0) is 23.1 Å². The van der Waals surface area contributed by atoms with Crippen LogP contribution in [0.5, 0.6) is 0 Å². The van der Waals surface area contributed by atoms with E-state index in [0.29, 0.717) is 6.42 Å². The molecule has 1 aromatic heterocycles. The van der Waals surface area contributed by atoms with Crippen molar-refractivity contribution in [1.29, 1.82) is 0 Å². The number of methoxy groups -OCH3 is 1. The van der Waals surface area contributed by atoms with Crippen molar-refractivity contribution in [2.45, 2.75) is 23.4 Å². The zero-order valence-corrected chi connectivity index (χ0v) is 13.4. The van der Waals surface area contributed by atoms with E-state index in [1.807, 2.05) is 23.2 Å². The van der Waals surface area contributed by atoms with Gasteiger partial charge < -0.3 is 10.1 Å².